The molecule has 1 saturated heterocycles. The van der Waals surface area contributed by atoms with Crippen LogP contribution < -0.4 is 5.32 Å². The van der Waals surface area contributed by atoms with Gasteiger partial charge in [-0.3, -0.25) is 4.90 Å². The topological polar surface area (TPSA) is 24.5 Å². The minimum Gasteiger partial charge on any atom is -0.383 e. The molecule has 1 aromatic rings. The van der Waals surface area contributed by atoms with Crippen molar-refractivity contribution in [2.45, 2.75) is 26.4 Å². The Balaban J connectivity index is 2.02. The summed E-state index contributed by atoms with van der Waals surface area (Å²) in [6.07, 6.45) is 0. The molecule has 0 unspecified atom stereocenters. The van der Waals surface area contributed by atoms with Gasteiger partial charge in [0.05, 0.1) is 6.61 Å². The molecule has 2 rings (SSSR count). The summed E-state index contributed by atoms with van der Waals surface area (Å²) >= 11 is 2.06. The molecule has 1 heterocycles. The number of nitrogens with one attached hydrogen (secondary N) is 1. The highest BCUT2D eigenvalue weighted by Gasteiger charge is 2.13. The Morgan fingerprint density at radius 3 is 2.80 bits per heavy atom. The lowest BCUT2D eigenvalue weighted by atomic mass is 10.1. The highest BCUT2D eigenvalue weighted by Crippen LogP contribution is 2.22. The minimum atomic E-state index is 0.334. The van der Waals surface area contributed by atoms with Crippen molar-refractivity contribution < 1.29 is 4.74 Å². The third-order valence-electron chi connectivity index (χ3n) is 3.76. The van der Waals surface area contributed by atoms with Crippen molar-refractivity contribution in [3.63, 3.8) is 0 Å². The van der Waals surface area contributed by atoms with E-state index in [1.54, 1.807) is 7.11 Å². The van der Waals surface area contributed by atoms with Crippen molar-refractivity contribution in [1.82, 2.24) is 4.90 Å². The predicted molar refractivity (Wildman–Crippen MR) is 88.7 cm³/mol. The second kappa shape index (κ2) is 7.91. The van der Waals surface area contributed by atoms with Gasteiger partial charge in [0, 0.05) is 50.0 Å². The Kier molecular flexibility index (Phi) is 6.20. The van der Waals surface area contributed by atoms with Crippen LogP contribution in [0.3, 0.4) is 0 Å². The second-order valence-corrected chi connectivity index (χ2v) is 6.70. The van der Waals surface area contributed by atoms with E-state index in [0.717, 1.165) is 13.2 Å². The molecule has 1 fully saturated rings. The molecule has 0 bridgehead atoms. The van der Waals surface area contributed by atoms with E-state index in [4.69, 9.17) is 4.74 Å². The summed E-state index contributed by atoms with van der Waals surface area (Å²) in [6, 6.07) is 6.91. The van der Waals surface area contributed by atoms with Crippen LogP contribution in [0.4, 0.5) is 5.69 Å². The molecule has 3 nitrogen and oxygen atoms in total. The van der Waals surface area contributed by atoms with Gasteiger partial charge in [0.2, 0.25) is 0 Å². The number of hydrogen-bond acceptors (Lipinski definition) is 4. The average molecular weight is 294 g/mol. The lowest BCUT2D eigenvalue weighted by Crippen LogP contribution is -2.32. The van der Waals surface area contributed by atoms with Gasteiger partial charge in [0.1, 0.15) is 0 Å². The van der Waals surface area contributed by atoms with E-state index in [9.17, 15) is 0 Å². The lowest BCUT2D eigenvalue weighted by Gasteiger charge is -2.27. The number of methoxy groups -OCH3 is 1. The van der Waals surface area contributed by atoms with E-state index in [-0.39, 0.29) is 0 Å². The number of benzene rings is 1. The zero-order valence-corrected chi connectivity index (χ0v) is 13.6. The van der Waals surface area contributed by atoms with Crippen LogP contribution in [0.25, 0.3) is 0 Å². The third kappa shape index (κ3) is 4.40. The Bertz CT molecular complexity index is 419. The fourth-order valence-corrected chi connectivity index (χ4v) is 3.55. The molecule has 0 radical (unpaired) electrons. The van der Waals surface area contributed by atoms with Crippen molar-refractivity contribution in [3.8, 4) is 0 Å². The molecule has 20 heavy (non-hydrogen) atoms. The Labute approximate surface area is 127 Å². The number of ether oxygens (including phenoxy) is 1. The minimum absolute atomic E-state index is 0.334. The molecule has 0 amide bonds. The first-order valence-corrected chi connectivity index (χ1v) is 8.50. The first-order valence-electron chi connectivity index (χ1n) is 7.34. The number of hydrogen-bond donors (Lipinski definition) is 1. The molecule has 1 aliphatic rings. The summed E-state index contributed by atoms with van der Waals surface area (Å²) in [4.78, 5) is 2.56. The molecule has 0 aromatic heterocycles. The van der Waals surface area contributed by atoms with Crippen LogP contribution in [0.2, 0.25) is 0 Å². The number of nitrogens with zero attached hydrogens (tertiary/aromatic N) is 1. The van der Waals surface area contributed by atoms with Gasteiger partial charge in [-0.2, -0.15) is 11.8 Å². The van der Waals surface area contributed by atoms with Gasteiger partial charge in [-0.1, -0.05) is 12.1 Å². The van der Waals surface area contributed by atoms with Crippen LogP contribution in [0.5, 0.6) is 0 Å². The zero-order chi connectivity index (χ0) is 14.4. The van der Waals surface area contributed by atoms with E-state index in [1.807, 2.05) is 0 Å². The van der Waals surface area contributed by atoms with Crippen LogP contribution in [0.15, 0.2) is 18.2 Å². The van der Waals surface area contributed by atoms with Crippen LogP contribution in [0, 0.1) is 6.92 Å². The van der Waals surface area contributed by atoms with E-state index < -0.39 is 0 Å². The largest absolute Gasteiger partial charge is 0.383 e. The molecule has 0 saturated carbocycles. The van der Waals surface area contributed by atoms with E-state index >= 15 is 0 Å². The van der Waals surface area contributed by atoms with E-state index in [0.29, 0.717) is 6.04 Å². The number of thioether (sulfide) groups is 1. The van der Waals surface area contributed by atoms with Crippen molar-refractivity contribution in [2.24, 2.45) is 0 Å². The fraction of sp³-hybridized carbons (Fsp3) is 0.625. The third-order valence-corrected chi connectivity index (χ3v) is 4.70. The molecule has 4 heteroatoms. The Morgan fingerprint density at radius 1 is 1.35 bits per heavy atom. The fourth-order valence-electron chi connectivity index (χ4n) is 2.57. The van der Waals surface area contributed by atoms with Gasteiger partial charge >= 0.3 is 0 Å². The standard InChI is InChI=1S/C16H26N2OS/c1-13(12-19-3)17-16-6-4-5-15(14(16)2)11-18-7-9-20-10-8-18/h4-6,13,17H,7-12H2,1-3H3/t13-/m1/s1. The normalized spacial score (nSPS) is 17.9. The zero-order valence-electron chi connectivity index (χ0n) is 12.8. The van der Waals surface area contributed by atoms with Crippen molar-refractivity contribution in [2.75, 3.05) is 43.6 Å². The Hall–Kier alpha value is -0.710. The van der Waals surface area contributed by atoms with Crippen molar-refractivity contribution >= 4 is 17.4 Å². The molecular formula is C16H26N2OS. The van der Waals surface area contributed by atoms with Crippen molar-refractivity contribution in [3.05, 3.63) is 29.3 Å². The van der Waals surface area contributed by atoms with E-state index in [2.05, 4.69) is 54.0 Å². The molecule has 1 aromatic carbocycles. The smallest absolute Gasteiger partial charge is 0.0661 e. The molecular weight excluding hydrogens is 268 g/mol. The summed E-state index contributed by atoms with van der Waals surface area (Å²) in [7, 11) is 1.75. The van der Waals surface area contributed by atoms with Crippen LogP contribution in [-0.4, -0.2) is 49.3 Å². The monoisotopic (exact) mass is 294 g/mol. The van der Waals surface area contributed by atoms with Crippen LogP contribution >= 0.6 is 11.8 Å². The van der Waals surface area contributed by atoms with Gasteiger partial charge in [-0.15, -0.1) is 0 Å². The van der Waals surface area contributed by atoms with Gasteiger partial charge in [-0.25, -0.2) is 0 Å². The van der Waals surface area contributed by atoms with Crippen LogP contribution in [-0.2, 0) is 11.3 Å². The first kappa shape index (κ1) is 15.7. The highest BCUT2D eigenvalue weighted by atomic mass is 32.2. The molecule has 112 valence electrons. The molecule has 1 aliphatic heterocycles. The average Bonchev–Trinajstić information content (AvgIpc) is 2.45. The van der Waals surface area contributed by atoms with Crippen LogP contribution in [0.1, 0.15) is 18.1 Å². The maximum absolute atomic E-state index is 5.19. The lowest BCUT2D eigenvalue weighted by molar-refractivity contribution is 0.190. The van der Waals surface area contributed by atoms with Crippen molar-refractivity contribution in [1.29, 1.82) is 0 Å². The summed E-state index contributed by atoms with van der Waals surface area (Å²) in [5.41, 5.74) is 4.04. The summed E-state index contributed by atoms with van der Waals surface area (Å²) in [5, 5.41) is 3.54. The quantitative estimate of drug-likeness (QED) is 0.872. The number of rotatable bonds is 6. The first-order chi connectivity index (χ1) is 9.70. The van der Waals surface area contributed by atoms with Gasteiger partial charge < -0.3 is 10.1 Å². The maximum Gasteiger partial charge on any atom is 0.0661 e. The SMILES string of the molecule is COC[C@@H](C)Nc1cccc(CN2CCSCC2)c1C. The highest BCUT2D eigenvalue weighted by molar-refractivity contribution is 7.99. The summed E-state index contributed by atoms with van der Waals surface area (Å²) in [5.74, 6) is 2.53. The molecule has 0 spiro atoms. The molecule has 1 N–H and O–H groups in total. The van der Waals surface area contributed by atoms with Gasteiger partial charge in [0.15, 0.2) is 0 Å². The molecule has 0 aliphatic carbocycles. The summed E-state index contributed by atoms with van der Waals surface area (Å²) in [6.45, 7) is 8.59. The second-order valence-electron chi connectivity index (χ2n) is 5.48. The molecule has 1 atom stereocenters. The maximum atomic E-state index is 5.19. The Morgan fingerprint density at radius 2 is 2.10 bits per heavy atom. The summed E-state index contributed by atoms with van der Waals surface area (Å²) < 4.78 is 5.19. The van der Waals surface area contributed by atoms with Gasteiger partial charge in [0.25, 0.3) is 0 Å². The van der Waals surface area contributed by atoms with E-state index in [1.165, 1.54) is 41.4 Å². The van der Waals surface area contributed by atoms with Gasteiger partial charge in [-0.05, 0) is 31.0 Å². The number of anilines is 1. The predicted octanol–water partition coefficient (Wildman–Crippen LogP) is 2.99.